The Morgan fingerprint density at radius 3 is 1.86 bits per heavy atom. The fraction of sp³-hybridized carbons (Fsp3) is 0.333. The van der Waals surface area contributed by atoms with Crippen molar-refractivity contribution in [3.8, 4) is 11.5 Å². The lowest BCUT2D eigenvalue weighted by Gasteiger charge is -2.03. The molecule has 22 heavy (non-hydrogen) atoms. The molecule has 4 heteroatoms. The van der Waals surface area contributed by atoms with E-state index in [9.17, 15) is 10.2 Å². The van der Waals surface area contributed by atoms with Crippen LogP contribution in [-0.4, -0.2) is 24.3 Å². The van der Waals surface area contributed by atoms with Crippen molar-refractivity contribution >= 4 is 0 Å². The number of rotatable bonds is 4. The summed E-state index contributed by atoms with van der Waals surface area (Å²) in [6.07, 6.45) is 0. The van der Waals surface area contributed by atoms with Gasteiger partial charge in [-0.3, -0.25) is 0 Å². The maximum Gasteiger partial charge on any atom is 0.120 e. The van der Waals surface area contributed by atoms with Crippen LogP contribution in [0, 0.1) is 13.8 Å². The van der Waals surface area contributed by atoms with E-state index in [1.165, 1.54) is 5.56 Å². The van der Waals surface area contributed by atoms with E-state index in [0.29, 0.717) is 24.6 Å². The minimum absolute atomic E-state index is 0.366. The Labute approximate surface area is 132 Å². The summed E-state index contributed by atoms with van der Waals surface area (Å²) in [5.41, 5.74) is 4.15. The number of hydrogen-bond donors (Lipinski definition) is 4. The molecular formula is C18H26N2O2. The summed E-state index contributed by atoms with van der Waals surface area (Å²) in [5.74, 6) is 0.740. The molecule has 4 nitrogen and oxygen atoms in total. The third-order valence-corrected chi connectivity index (χ3v) is 3.21. The molecule has 0 aliphatic carbocycles. The predicted octanol–water partition coefficient (Wildman–Crippen LogP) is 2.84. The molecule has 0 saturated heterocycles. The van der Waals surface area contributed by atoms with Crippen LogP contribution in [-0.2, 0) is 13.1 Å². The number of benzene rings is 2. The highest BCUT2D eigenvalue weighted by Crippen LogP contribution is 2.18. The van der Waals surface area contributed by atoms with Gasteiger partial charge in [-0.1, -0.05) is 29.8 Å². The first kappa shape index (κ1) is 18.0. The standard InChI is InChI=1S/2C9H13NO/c1-7-3-4-9(11)8(5-7)6-10-2;1-7-3-4-8(6-10-2)9(11)5-7/h2*3-5,10-11H,6H2,1-2H3. The van der Waals surface area contributed by atoms with Crippen molar-refractivity contribution < 1.29 is 10.2 Å². The zero-order valence-electron chi connectivity index (χ0n) is 13.8. The highest BCUT2D eigenvalue weighted by atomic mass is 16.3. The highest BCUT2D eigenvalue weighted by molar-refractivity contribution is 5.36. The van der Waals surface area contributed by atoms with Gasteiger partial charge in [0.1, 0.15) is 11.5 Å². The molecule has 2 rings (SSSR count). The molecule has 0 aliphatic heterocycles. The SMILES string of the molecule is CNCc1cc(C)ccc1O.CNCc1ccc(C)cc1O. The molecule has 0 aromatic heterocycles. The summed E-state index contributed by atoms with van der Waals surface area (Å²) in [4.78, 5) is 0. The average molecular weight is 302 g/mol. The van der Waals surface area contributed by atoms with E-state index in [0.717, 1.165) is 16.7 Å². The maximum absolute atomic E-state index is 9.38. The van der Waals surface area contributed by atoms with Crippen LogP contribution in [0.5, 0.6) is 11.5 Å². The van der Waals surface area contributed by atoms with Gasteiger partial charge in [-0.2, -0.15) is 0 Å². The first-order chi connectivity index (χ1) is 10.5. The second-order valence-corrected chi connectivity index (χ2v) is 5.32. The topological polar surface area (TPSA) is 64.5 Å². The molecule has 0 heterocycles. The molecule has 2 aromatic rings. The van der Waals surface area contributed by atoms with Gasteiger partial charge < -0.3 is 20.8 Å². The first-order valence-corrected chi connectivity index (χ1v) is 7.34. The molecular weight excluding hydrogens is 276 g/mol. The van der Waals surface area contributed by atoms with Crippen molar-refractivity contribution in [1.29, 1.82) is 0 Å². The third-order valence-electron chi connectivity index (χ3n) is 3.21. The van der Waals surface area contributed by atoms with E-state index in [2.05, 4.69) is 10.6 Å². The van der Waals surface area contributed by atoms with Crippen molar-refractivity contribution in [2.75, 3.05) is 14.1 Å². The van der Waals surface area contributed by atoms with Crippen molar-refractivity contribution in [2.24, 2.45) is 0 Å². The largest absolute Gasteiger partial charge is 0.508 e. The Morgan fingerprint density at radius 1 is 0.727 bits per heavy atom. The fourth-order valence-electron chi connectivity index (χ4n) is 2.06. The van der Waals surface area contributed by atoms with Crippen LogP contribution in [0.15, 0.2) is 36.4 Å². The molecule has 0 unspecified atom stereocenters. The lowest BCUT2D eigenvalue weighted by molar-refractivity contribution is 0.465. The summed E-state index contributed by atoms with van der Waals surface area (Å²) < 4.78 is 0. The van der Waals surface area contributed by atoms with E-state index >= 15 is 0 Å². The van der Waals surface area contributed by atoms with E-state index < -0.39 is 0 Å². The Bertz CT molecular complexity index is 598. The van der Waals surface area contributed by atoms with Crippen molar-refractivity contribution in [3.05, 3.63) is 58.7 Å². The van der Waals surface area contributed by atoms with E-state index in [1.54, 1.807) is 12.1 Å². The fourth-order valence-corrected chi connectivity index (χ4v) is 2.06. The maximum atomic E-state index is 9.38. The van der Waals surface area contributed by atoms with Gasteiger partial charge in [0.15, 0.2) is 0 Å². The van der Waals surface area contributed by atoms with E-state index in [-0.39, 0.29) is 0 Å². The lowest BCUT2D eigenvalue weighted by Crippen LogP contribution is -2.05. The Hall–Kier alpha value is -2.04. The smallest absolute Gasteiger partial charge is 0.120 e. The third kappa shape index (κ3) is 5.76. The Morgan fingerprint density at radius 2 is 1.27 bits per heavy atom. The monoisotopic (exact) mass is 302 g/mol. The molecule has 2 aromatic carbocycles. The number of phenolic OH excluding ortho intramolecular Hbond substituents is 2. The average Bonchev–Trinajstić information content (AvgIpc) is 2.47. The van der Waals surface area contributed by atoms with Gasteiger partial charge in [-0.05, 0) is 45.6 Å². The second kappa shape index (κ2) is 9.07. The van der Waals surface area contributed by atoms with Crippen molar-refractivity contribution in [2.45, 2.75) is 26.9 Å². The molecule has 0 atom stereocenters. The predicted molar refractivity (Wildman–Crippen MR) is 91.2 cm³/mol. The molecule has 0 aliphatic rings. The van der Waals surface area contributed by atoms with Crippen LogP contribution in [0.3, 0.4) is 0 Å². The summed E-state index contributed by atoms with van der Waals surface area (Å²) in [7, 11) is 3.72. The van der Waals surface area contributed by atoms with Crippen LogP contribution < -0.4 is 10.6 Å². The van der Waals surface area contributed by atoms with E-state index in [4.69, 9.17) is 0 Å². The van der Waals surface area contributed by atoms with Gasteiger partial charge in [-0.25, -0.2) is 0 Å². The normalized spacial score (nSPS) is 10.0. The van der Waals surface area contributed by atoms with Crippen LogP contribution in [0.4, 0.5) is 0 Å². The van der Waals surface area contributed by atoms with Gasteiger partial charge in [-0.15, -0.1) is 0 Å². The zero-order chi connectivity index (χ0) is 16.5. The molecule has 0 spiro atoms. The zero-order valence-corrected chi connectivity index (χ0v) is 13.8. The van der Waals surface area contributed by atoms with Crippen LogP contribution in [0.1, 0.15) is 22.3 Å². The van der Waals surface area contributed by atoms with Gasteiger partial charge in [0, 0.05) is 24.2 Å². The van der Waals surface area contributed by atoms with Crippen LogP contribution in [0.25, 0.3) is 0 Å². The summed E-state index contributed by atoms with van der Waals surface area (Å²) in [6.45, 7) is 5.40. The molecule has 0 bridgehead atoms. The van der Waals surface area contributed by atoms with Crippen molar-refractivity contribution in [1.82, 2.24) is 10.6 Å². The quantitative estimate of drug-likeness (QED) is 0.701. The molecule has 0 radical (unpaired) electrons. The number of aromatic hydroxyl groups is 2. The summed E-state index contributed by atoms with van der Waals surface area (Å²) in [5, 5.41) is 24.7. The van der Waals surface area contributed by atoms with Crippen molar-refractivity contribution in [3.63, 3.8) is 0 Å². The van der Waals surface area contributed by atoms with Gasteiger partial charge in [0.2, 0.25) is 0 Å². The number of nitrogens with one attached hydrogen (secondary N) is 2. The minimum atomic E-state index is 0.366. The van der Waals surface area contributed by atoms with Crippen LogP contribution in [0.2, 0.25) is 0 Å². The number of hydrogen-bond acceptors (Lipinski definition) is 4. The molecule has 0 fully saturated rings. The molecule has 0 amide bonds. The number of phenols is 2. The number of aryl methyl sites for hydroxylation is 2. The molecule has 0 saturated carbocycles. The summed E-state index contributed by atoms with van der Waals surface area (Å²) in [6, 6.07) is 11.3. The van der Waals surface area contributed by atoms with Gasteiger partial charge in [0.05, 0.1) is 0 Å². The lowest BCUT2D eigenvalue weighted by atomic mass is 10.1. The van der Waals surface area contributed by atoms with Crippen LogP contribution >= 0.6 is 0 Å². The van der Waals surface area contributed by atoms with Gasteiger partial charge >= 0.3 is 0 Å². The Balaban J connectivity index is 0.000000220. The highest BCUT2D eigenvalue weighted by Gasteiger charge is 1.98. The second-order valence-electron chi connectivity index (χ2n) is 5.32. The summed E-state index contributed by atoms with van der Waals surface area (Å²) >= 11 is 0. The minimum Gasteiger partial charge on any atom is -0.508 e. The van der Waals surface area contributed by atoms with Gasteiger partial charge in [0.25, 0.3) is 0 Å². The molecule has 4 N–H and O–H groups in total. The Kier molecular flexibility index (Phi) is 7.43. The van der Waals surface area contributed by atoms with E-state index in [1.807, 2.05) is 52.2 Å². The molecule has 120 valence electrons. The first-order valence-electron chi connectivity index (χ1n) is 7.34.